The second-order valence-electron chi connectivity index (χ2n) is 6.06. The van der Waals surface area contributed by atoms with Gasteiger partial charge in [-0.1, -0.05) is 6.07 Å². The van der Waals surface area contributed by atoms with Crippen LogP contribution in [0.4, 0.5) is 11.4 Å². The topological polar surface area (TPSA) is 120 Å². The van der Waals surface area contributed by atoms with E-state index in [1.165, 1.54) is 24.3 Å². The number of anilines is 2. The maximum atomic E-state index is 12.2. The standard InChI is InChI=1S/C18H17BrN2O7S/c1-29(24,25)21-12-4-2-3-11(7-12)18(23)28-10-17(22)20-14-9-16-15(8-13(14)19)26-5-6-27-16/h2-4,7-9,21H,5-6,10H2,1H3,(H,20,22). The lowest BCUT2D eigenvalue weighted by molar-refractivity contribution is -0.119. The van der Waals surface area contributed by atoms with E-state index in [9.17, 15) is 18.0 Å². The van der Waals surface area contributed by atoms with Crippen LogP contribution in [-0.2, 0) is 19.6 Å². The van der Waals surface area contributed by atoms with Gasteiger partial charge < -0.3 is 19.5 Å². The molecule has 29 heavy (non-hydrogen) atoms. The van der Waals surface area contributed by atoms with Crippen molar-refractivity contribution in [3.63, 3.8) is 0 Å². The molecule has 154 valence electrons. The number of ether oxygens (including phenoxy) is 3. The number of nitrogens with one attached hydrogen (secondary N) is 2. The van der Waals surface area contributed by atoms with Gasteiger partial charge in [-0.3, -0.25) is 9.52 Å². The minimum Gasteiger partial charge on any atom is -0.486 e. The second-order valence-corrected chi connectivity index (χ2v) is 8.66. The Kier molecular flexibility index (Phi) is 6.28. The zero-order valence-corrected chi connectivity index (χ0v) is 17.6. The largest absolute Gasteiger partial charge is 0.486 e. The minimum absolute atomic E-state index is 0.104. The quantitative estimate of drug-likeness (QED) is 0.603. The molecule has 9 nitrogen and oxygen atoms in total. The smallest absolute Gasteiger partial charge is 0.338 e. The molecule has 0 saturated carbocycles. The van der Waals surface area contributed by atoms with Crippen molar-refractivity contribution >= 4 is 49.2 Å². The van der Waals surface area contributed by atoms with Crippen LogP contribution in [0.2, 0.25) is 0 Å². The molecule has 0 unspecified atom stereocenters. The molecular formula is C18H17BrN2O7S. The Bertz CT molecular complexity index is 1060. The maximum absolute atomic E-state index is 12.2. The summed E-state index contributed by atoms with van der Waals surface area (Å²) in [6.45, 7) is 0.332. The third kappa shape index (κ3) is 5.84. The Hall–Kier alpha value is -2.79. The highest BCUT2D eigenvalue weighted by Gasteiger charge is 2.17. The van der Waals surface area contributed by atoms with E-state index in [2.05, 4.69) is 26.0 Å². The number of benzene rings is 2. The van der Waals surface area contributed by atoms with Crippen LogP contribution in [0.3, 0.4) is 0 Å². The number of rotatable bonds is 6. The van der Waals surface area contributed by atoms with Crippen molar-refractivity contribution in [1.29, 1.82) is 0 Å². The highest BCUT2D eigenvalue weighted by molar-refractivity contribution is 9.10. The number of carbonyl (C=O) groups excluding carboxylic acids is 2. The summed E-state index contributed by atoms with van der Waals surface area (Å²) in [5, 5.41) is 2.62. The van der Waals surface area contributed by atoms with Crippen molar-refractivity contribution in [2.75, 3.05) is 36.1 Å². The van der Waals surface area contributed by atoms with Gasteiger partial charge in [-0.25, -0.2) is 13.2 Å². The number of fused-ring (bicyclic) bond motifs is 1. The number of hydrogen-bond acceptors (Lipinski definition) is 7. The van der Waals surface area contributed by atoms with Gasteiger partial charge in [-0.2, -0.15) is 0 Å². The molecule has 3 rings (SSSR count). The van der Waals surface area contributed by atoms with Gasteiger partial charge in [0.1, 0.15) is 13.2 Å². The molecule has 0 fully saturated rings. The zero-order valence-electron chi connectivity index (χ0n) is 15.2. The molecule has 0 saturated heterocycles. The predicted octanol–water partition coefficient (Wildman–Crippen LogP) is 2.39. The molecular weight excluding hydrogens is 468 g/mol. The number of carbonyl (C=O) groups is 2. The first kappa shape index (κ1) is 20.9. The van der Waals surface area contributed by atoms with Crippen molar-refractivity contribution in [3.05, 3.63) is 46.4 Å². The van der Waals surface area contributed by atoms with Crippen molar-refractivity contribution in [2.45, 2.75) is 0 Å². The third-order valence-corrected chi connectivity index (χ3v) is 4.90. The lowest BCUT2D eigenvalue weighted by atomic mass is 10.2. The van der Waals surface area contributed by atoms with Gasteiger partial charge in [0.2, 0.25) is 10.0 Å². The van der Waals surface area contributed by atoms with E-state index in [0.29, 0.717) is 34.9 Å². The van der Waals surface area contributed by atoms with Crippen molar-refractivity contribution in [2.24, 2.45) is 0 Å². The third-order valence-electron chi connectivity index (χ3n) is 3.64. The Morgan fingerprint density at radius 2 is 1.83 bits per heavy atom. The van der Waals surface area contributed by atoms with Crippen molar-refractivity contribution < 1.29 is 32.2 Å². The molecule has 2 aromatic rings. The average molecular weight is 485 g/mol. The maximum Gasteiger partial charge on any atom is 0.338 e. The summed E-state index contributed by atoms with van der Waals surface area (Å²) in [6, 6.07) is 9.04. The molecule has 0 aliphatic carbocycles. The van der Waals surface area contributed by atoms with E-state index in [0.717, 1.165) is 6.26 Å². The number of esters is 1. The SMILES string of the molecule is CS(=O)(=O)Nc1cccc(C(=O)OCC(=O)Nc2cc3c(cc2Br)OCCO3)c1. The monoisotopic (exact) mass is 484 g/mol. The number of hydrogen-bond donors (Lipinski definition) is 2. The molecule has 1 amide bonds. The van der Waals surface area contributed by atoms with Gasteiger partial charge >= 0.3 is 5.97 Å². The van der Waals surface area contributed by atoms with E-state index >= 15 is 0 Å². The molecule has 1 heterocycles. The van der Waals surface area contributed by atoms with Crippen LogP contribution in [0.1, 0.15) is 10.4 Å². The Labute approximate surface area is 175 Å². The molecule has 0 bridgehead atoms. The van der Waals surface area contributed by atoms with E-state index < -0.39 is 28.5 Å². The summed E-state index contributed by atoms with van der Waals surface area (Å²) in [5.74, 6) is -0.253. The van der Waals surface area contributed by atoms with Crippen LogP contribution in [0, 0.1) is 0 Å². The summed E-state index contributed by atoms with van der Waals surface area (Å²) in [5.41, 5.74) is 0.758. The summed E-state index contributed by atoms with van der Waals surface area (Å²) >= 11 is 3.34. The molecule has 2 aromatic carbocycles. The highest BCUT2D eigenvalue weighted by Crippen LogP contribution is 2.38. The molecule has 2 N–H and O–H groups in total. The molecule has 0 spiro atoms. The van der Waals surface area contributed by atoms with Gasteiger partial charge in [-0.15, -0.1) is 0 Å². The highest BCUT2D eigenvalue weighted by atomic mass is 79.9. The van der Waals surface area contributed by atoms with Gasteiger partial charge in [0, 0.05) is 22.3 Å². The van der Waals surface area contributed by atoms with E-state index in [1.807, 2.05) is 0 Å². The van der Waals surface area contributed by atoms with Crippen LogP contribution in [-0.4, -0.2) is 46.4 Å². The van der Waals surface area contributed by atoms with Gasteiger partial charge in [0.25, 0.3) is 5.91 Å². The number of sulfonamides is 1. The second kappa shape index (κ2) is 8.70. The molecule has 11 heteroatoms. The van der Waals surface area contributed by atoms with Crippen LogP contribution in [0.15, 0.2) is 40.9 Å². The minimum atomic E-state index is -3.48. The Balaban J connectivity index is 1.60. The molecule has 0 atom stereocenters. The van der Waals surface area contributed by atoms with E-state index in [-0.39, 0.29) is 11.3 Å². The van der Waals surface area contributed by atoms with Crippen LogP contribution in [0.25, 0.3) is 0 Å². The van der Waals surface area contributed by atoms with Crippen molar-refractivity contribution in [1.82, 2.24) is 0 Å². The first-order valence-corrected chi connectivity index (χ1v) is 11.0. The number of halogens is 1. The van der Waals surface area contributed by atoms with Crippen LogP contribution < -0.4 is 19.5 Å². The fraction of sp³-hybridized carbons (Fsp3) is 0.222. The normalized spacial score (nSPS) is 12.8. The molecule has 0 aromatic heterocycles. The average Bonchev–Trinajstić information content (AvgIpc) is 2.65. The van der Waals surface area contributed by atoms with Crippen LogP contribution >= 0.6 is 15.9 Å². The van der Waals surface area contributed by atoms with Crippen molar-refractivity contribution in [3.8, 4) is 11.5 Å². The first-order valence-electron chi connectivity index (χ1n) is 8.35. The Morgan fingerprint density at radius 1 is 1.14 bits per heavy atom. The zero-order chi connectivity index (χ0) is 21.0. The fourth-order valence-corrected chi connectivity index (χ4v) is 3.46. The molecule has 1 aliphatic heterocycles. The summed E-state index contributed by atoms with van der Waals surface area (Å²) in [4.78, 5) is 24.3. The van der Waals surface area contributed by atoms with E-state index in [4.69, 9.17) is 14.2 Å². The predicted molar refractivity (Wildman–Crippen MR) is 109 cm³/mol. The first-order chi connectivity index (χ1) is 13.7. The molecule has 1 aliphatic rings. The number of amides is 1. The summed E-state index contributed by atoms with van der Waals surface area (Å²) in [7, 11) is -3.48. The lowest BCUT2D eigenvalue weighted by Crippen LogP contribution is -2.22. The van der Waals surface area contributed by atoms with E-state index in [1.54, 1.807) is 12.1 Å². The fourth-order valence-electron chi connectivity index (χ4n) is 2.48. The Morgan fingerprint density at radius 3 is 2.52 bits per heavy atom. The molecule has 0 radical (unpaired) electrons. The van der Waals surface area contributed by atoms with Gasteiger partial charge in [-0.05, 0) is 34.1 Å². The van der Waals surface area contributed by atoms with Crippen LogP contribution in [0.5, 0.6) is 11.5 Å². The van der Waals surface area contributed by atoms with Gasteiger partial charge in [0.05, 0.1) is 17.5 Å². The summed E-state index contributed by atoms with van der Waals surface area (Å²) in [6.07, 6.45) is 0.998. The van der Waals surface area contributed by atoms with Gasteiger partial charge in [0.15, 0.2) is 18.1 Å². The summed E-state index contributed by atoms with van der Waals surface area (Å²) < 4.78 is 41.3. The lowest BCUT2D eigenvalue weighted by Gasteiger charge is -2.20.